The van der Waals surface area contributed by atoms with Gasteiger partial charge in [0.05, 0.1) is 28.6 Å². The average Bonchev–Trinajstić information content (AvgIpc) is 3.07. The molecule has 1 aromatic heterocycles. The molecule has 0 unspecified atom stereocenters. The van der Waals surface area contributed by atoms with Crippen LogP contribution in [0.15, 0.2) is 66.7 Å². The van der Waals surface area contributed by atoms with Crippen LogP contribution in [0.2, 0.25) is 15.1 Å². The molecule has 0 fully saturated rings. The third-order valence-electron chi connectivity index (χ3n) is 5.34. The number of anilines is 1. The van der Waals surface area contributed by atoms with Crippen molar-refractivity contribution in [2.75, 3.05) is 5.32 Å². The minimum atomic E-state index is -0.226. The van der Waals surface area contributed by atoms with Gasteiger partial charge in [-0.25, -0.2) is 0 Å². The van der Waals surface area contributed by atoms with Gasteiger partial charge in [0.2, 0.25) is 0 Å². The van der Waals surface area contributed by atoms with Crippen LogP contribution < -0.4 is 10.1 Å². The van der Waals surface area contributed by atoms with Crippen molar-refractivity contribution in [1.82, 2.24) is 9.78 Å². The van der Waals surface area contributed by atoms with Crippen LogP contribution in [-0.4, -0.2) is 15.7 Å². The number of amides is 1. The summed E-state index contributed by atoms with van der Waals surface area (Å²) in [7, 11) is 0. The van der Waals surface area contributed by atoms with E-state index in [0.29, 0.717) is 38.6 Å². The molecule has 34 heavy (non-hydrogen) atoms. The van der Waals surface area contributed by atoms with Gasteiger partial charge in [-0.05, 0) is 61.4 Å². The third-order valence-corrected chi connectivity index (χ3v) is 6.38. The standard InChI is InChI=1S/C26H22Cl3N3O2/c1-16-25(17(2)32(31-16)14-18-6-4-9-21(27)13-18)30-26(33)20-8-3-7-19(12-20)15-34-23-11-5-10-22(28)24(23)29/h3-13H,14-15H2,1-2H3,(H,30,33). The Balaban J connectivity index is 1.47. The van der Waals surface area contributed by atoms with Crippen molar-refractivity contribution in [1.29, 1.82) is 0 Å². The fourth-order valence-electron chi connectivity index (χ4n) is 3.58. The third kappa shape index (κ3) is 5.55. The lowest BCUT2D eigenvalue weighted by Gasteiger charge is -2.11. The van der Waals surface area contributed by atoms with E-state index in [0.717, 1.165) is 22.5 Å². The molecule has 1 heterocycles. The molecule has 3 aromatic carbocycles. The van der Waals surface area contributed by atoms with Crippen molar-refractivity contribution >= 4 is 46.4 Å². The molecule has 0 radical (unpaired) electrons. The first-order valence-electron chi connectivity index (χ1n) is 10.6. The number of ether oxygens (including phenoxy) is 1. The lowest BCUT2D eigenvalue weighted by atomic mass is 10.1. The van der Waals surface area contributed by atoms with E-state index in [1.807, 2.05) is 54.9 Å². The summed E-state index contributed by atoms with van der Waals surface area (Å²) in [6, 6.07) is 20.1. The summed E-state index contributed by atoms with van der Waals surface area (Å²) in [6.45, 7) is 4.61. The van der Waals surface area contributed by atoms with Crippen molar-refractivity contribution in [2.24, 2.45) is 0 Å². The van der Waals surface area contributed by atoms with Gasteiger partial charge in [0.1, 0.15) is 17.4 Å². The van der Waals surface area contributed by atoms with E-state index in [1.165, 1.54) is 0 Å². The summed E-state index contributed by atoms with van der Waals surface area (Å²) >= 11 is 18.3. The molecule has 174 valence electrons. The highest BCUT2D eigenvalue weighted by Gasteiger charge is 2.16. The molecule has 0 bridgehead atoms. The van der Waals surface area contributed by atoms with E-state index in [9.17, 15) is 4.79 Å². The minimum absolute atomic E-state index is 0.226. The molecule has 0 aliphatic rings. The molecule has 0 aliphatic carbocycles. The van der Waals surface area contributed by atoms with E-state index >= 15 is 0 Å². The van der Waals surface area contributed by atoms with Crippen molar-refractivity contribution in [3.63, 3.8) is 0 Å². The van der Waals surface area contributed by atoms with Crippen LogP contribution in [0, 0.1) is 13.8 Å². The SMILES string of the molecule is Cc1nn(Cc2cccc(Cl)c2)c(C)c1NC(=O)c1cccc(COc2cccc(Cl)c2Cl)c1. The number of carbonyl (C=O) groups excluding carboxylic acids is 1. The summed E-state index contributed by atoms with van der Waals surface area (Å²) < 4.78 is 7.65. The molecule has 0 aliphatic heterocycles. The molecule has 0 saturated heterocycles. The smallest absolute Gasteiger partial charge is 0.255 e. The van der Waals surface area contributed by atoms with Crippen LogP contribution in [-0.2, 0) is 13.2 Å². The van der Waals surface area contributed by atoms with Gasteiger partial charge in [0.15, 0.2) is 0 Å². The second kappa shape index (κ2) is 10.5. The van der Waals surface area contributed by atoms with Crippen LogP contribution >= 0.6 is 34.8 Å². The molecule has 1 amide bonds. The molecule has 4 aromatic rings. The zero-order valence-electron chi connectivity index (χ0n) is 18.6. The van der Waals surface area contributed by atoms with Crippen molar-refractivity contribution in [2.45, 2.75) is 27.0 Å². The number of aromatic nitrogens is 2. The molecular weight excluding hydrogens is 493 g/mol. The van der Waals surface area contributed by atoms with Gasteiger partial charge in [0, 0.05) is 10.6 Å². The van der Waals surface area contributed by atoms with Gasteiger partial charge >= 0.3 is 0 Å². The summed E-state index contributed by atoms with van der Waals surface area (Å²) in [5.74, 6) is 0.263. The van der Waals surface area contributed by atoms with Gasteiger partial charge in [-0.2, -0.15) is 5.10 Å². The summed E-state index contributed by atoms with van der Waals surface area (Å²) in [4.78, 5) is 13.0. The molecule has 0 spiro atoms. The number of nitrogens with zero attached hydrogens (tertiary/aromatic N) is 2. The Kier molecular flexibility index (Phi) is 7.47. The Morgan fingerprint density at radius 1 is 0.971 bits per heavy atom. The Morgan fingerprint density at radius 3 is 2.50 bits per heavy atom. The largest absolute Gasteiger partial charge is 0.487 e. The number of nitrogens with one attached hydrogen (secondary N) is 1. The monoisotopic (exact) mass is 513 g/mol. The highest BCUT2D eigenvalue weighted by Crippen LogP contribution is 2.32. The Labute approximate surface area is 213 Å². The first-order chi connectivity index (χ1) is 16.3. The van der Waals surface area contributed by atoms with Crippen LogP contribution in [0.3, 0.4) is 0 Å². The van der Waals surface area contributed by atoms with Gasteiger partial charge < -0.3 is 10.1 Å². The van der Waals surface area contributed by atoms with E-state index in [1.54, 1.807) is 30.3 Å². The predicted octanol–water partition coefficient (Wildman–Crippen LogP) is 7.34. The molecule has 4 rings (SSSR count). The number of aryl methyl sites for hydroxylation is 1. The zero-order valence-corrected chi connectivity index (χ0v) is 20.9. The fraction of sp³-hybridized carbons (Fsp3) is 0.154. The van der Waals surface area contributed by atoms with E-state index in [2.05, 4.69) is 10.4 Å². The Morgan fingerprint density at radius 2 is 1.71 bits per heavy atom. The summed E-state index contributed by atoms with van der Waals surface area (Å²) in [5, 5.41) is 9.06. The summed E-state index contributed by atoms with van der Waals surface area (Å²) in [5.41, 5.74) is 4.67. The topological polar surface area (TPSA) is 56.2 Å². The fourth-order valence-corrected chi connectivity index (χ4v) is 4.14. The van der Waals surface area contributed by atoms with E-state index in [-0.39, 0.29) is 12.5 Å². The normalized spacial score (nSPS) is 10.9. The van der Waals surface area contributed by atoms with Crippen LogP contribution in [0.25, 0.3) is 0 Å². The van der Waals surface area contributed by atoms with Crippen molar-refractivity contribution in [3.05, 3.63) is 110 Å². The number of hydrogen-bond acceptors (Lipinski definition) is 3. The van der Waals surface area contributed by atoms with E-state index in [4.69, 9.17) is 39.5 Å². The second-order valence-electron chi connectivity index (χ2n) is 7.83. The molecule has 8 heteroatoms. The number of rotatable bonds is 7. The number of benzene rings is 3. The average molecular weight is 515 g/mol. The van der Waals surface area contributed by atoms with Crippen LogP contribution in [0.4, 0.5) is 5.69 Å². The van der Waals surface area contributed by atoms with Gasteiger partial charge in [0.25, 0.3) is 5.91 Å². The molecular formula is C26H22Cl3N3O2. The van der Waals surface area contributed by atoms with Gasteiger partial charge in [-0.15, -0.1) is 0 Å². The minimum Gasteiger partial charge on any atom is -0.487 e. The van der Waals surface area contributed by atoms with Crippen molar-refractivity contribution in [3.8, 4) is 5.75 Å². The molecule has 0 saturated carbocycles. The number of halogens is 3. The highest BCUT2D eigenvalue weighted by atomic mass is 35.5. The first-order valence-corrected chi connectivity index (χ1v) is 11.7. The highest BCUT2D eigenvalue weighted by molar-refractivity contribution is 6.42. The quantitative estimate of drug-likeness (QED) is 0.281. The van der Waals surface area contributed by atoms with Crippen LogP contribution in [0.1, 0.15) is 32.9 Å². The summed E-state index contributed by atoms with van der Waals surface area (Å²) in [6.07, 6.45) is 0. The number of hydrogen-bond donors (Lipinski definition) is 1. The Bertz CT molecular complexity index is 1350. The van der Waals surface area contributed by atoms with Gasteiger partial charge in [-0.3, -0.25) is 9.48 Å². The maximum Gasteiger partial charge on any atom is 0.255 e. The number of carbonyl (C=O) groups is 1. The van der Waals surface area contributed by atoms with E-state index < -0.39 is 0 Å². The van der Waals surface area contributed by atoms with Gasteiger partial charge in [-0.1, -0.05) is 65.1 Å². The lowest BCUT2D eigenvalue weighted by Crippen LogP contribution is -2.14. The lowest BCUT2D eigenvalue weighted by molar-refractivity contribution is 0.102. The van der Waals surface area contributed by atoms with Crippen LogP contribution in [0.5, 0.6) is 5.75 Å². The Hall–Kier alpha value is -2.99. The molecule has 1 N–H and O–H groups in total. The first kappa shape index (κ1) is 24.1. The molecule has 0 atom stereocenters. The maximum absolute atomic E-state index is 13.0. The van der Waals surface area contributed by atoms with Crippen molar-refractivity contribution < 1.29 is 9.53 Å². The second-order valence-corrected chi connectivity index (χ2v) is 9.05. The molecule has 5 nitrogen and oxygen atoms in total. The zero-order chi connectivity index (χ0) is 24.2. The predicted molar refractivity (Wildman–Crippen MR) is 137 cm³/mol. The maximum atomic E-state index is 13.0.